The fourth-order valence-corrected chi connectivity index (χ4v) is 3.85. The molecule has 1 amide bonds. The zero-order valence-corrected chi connectivity index (χ0v) is 14.0. The number of thiazole rings is 1. The quantitative estimate of drug-likeness (QED) is 0.837. The number of aromatic nitrogens is 1. The Labute approximate surface area is 133 Å². The topological polar surface area (TPSA) is 88.5 Å². The summed E-state index contributed by atoms with van der Waals surface area (Å²) in [5.41, 5.74) is -0.787. The van der Waals surface area contributed by atoms with Crippen molar-refractivity contribution in [3.63, 3.8) is 0 Å². The molecule has 1 aromatic rings. The third-order valence-electron chi connectivity index (χ3n) is 4.02. The van der Waals surface area contributed by atoms with Gasteiger partial charge >= 0.3 is 5.97 Å². The summed E-state index contributed by atoms with van der Waals surface area (Å²) in [5.74, 6) is -1.09. The number of nitrogens with zero attached hydrogens (tertiary/aromatic N) is 1. The number of carbonyl (C=O) groups excluding carboxylic acids is 1. The van der Waals surface area contributed by atoms with Crippen molar-refractivity contribution < 1.29 is 19.4 Å². The van der Waals surface area contributed by atoms with Crippen LogP contribution in [0.25, 0.3) is 0 Å². The molecule has 1 aromatic heterocycles. The van der Waals surface area contributed by atoms with E-state index < -0.39 is 17.4 Å². The molecule has 22 heavy (non-hydrogen) atoms. The van der Waals surface area contributed by atoms with Gasteiger partial charge in [0.25, 0.3) is 5.91 Å². The molecular weight excluding hydrogens is 304 g/mol. The van der Waals surface area contributed by atoms with E-state index in [1.54, 1.807) is 6.92 Å². The number of hydrogen-bond donors (Lipinski definition) is 2. The van der Waals surface area contributed by atoms with Gasteiger partial charge in [0.05, 0.1) is 17.3 Å². The van der Waals surface area contributed by atoms with Gasteiger partial charge in [-0.05, 0) is 26.7 Å². The zero-order valence-electron chi connectivity index (χ0n) is 13.1. The van der Waals surface area contributed by atoms with Gasteiger partial charge in [-0.2, -0.15) is 0 Å². The Morgan fingerprint density at radius 3 is 2.64 bits per heavy atom. The first-order valence-electron chi connectivity index (χ1n) is 7.39. The first kappa shape index (κ1) is 16.9. The molecule has 0 radical (unpaired) electrons. The molecule has 1 fully saturated rings. The second kappa shape index (κ2) is 6.75. The van der Waals surface area contributed by atoms with Crippen molar-refractivity contribution in [3.8, 4) is 0 Å². The fraction of sp³-hybridized carbons (Fsp3) is 0.667. The Bertz CT molecular complexity index is 566. The minimum atomic E-state index is -1.45. The van der Waals surface area contributed by atoms with Gasteiger partial charge in [-0.1, -0.05) is 12.8 Å². The average molecular weight is 326 g/mol. The minimum Gasteiger partial charge on any atom is -0.479 e. The largest absolute Gasteiger partial charge is 0.479 e. The summed E-state index contributed by atoms with van der Waals surface area (Å²) >= 11 is 1.38. The molecular formula is C15H22N2O4S. The van der Waals surface area contributed by atoms with E-state index in [0.29, 0.717) is 16.5 Å². The van der Waals surface area contributed by atoms with Crippen molar-refractivity contribution in [1.29, 1.82) is 0 Å². The maximum absolute atomic E-state index is 12.4. The highest BCUT2D eigenvalue weighted by molar-refractivity contribution is 7.13. The SMILES string of the molecule is COCC(C)(NC(=O)c1sc(C2CCCC2)nc1C)C(=O)O. The van der Waals surface area contributed by atoms with Gasteiger partial charge in [0.15, 0.2) is 5.54 Å². The zero-order chi connectivity index (χ0) is 16.3. The highest BCUT2D eigenvalue weighted by Crippen LogP contribution is 2.37. The third-order valence-corrected chi connectivity index (χ3v) is 5.34. The Morgan fingerprint density at radius 1 is 1.45 bits per heavy atom. The number of ether oxygens (including phenoxy) is 1. The molecule has 2 N–H and O–H groups in total. The van der Waals surface area contributed by atoms with Crippen molar-refractivity contribution in [1.82, 2.24) is 10.3 Å². The molecule has 122 valence electrons. The first-order valence-corrected chi connectivity index (χ1v) is 8.21. The van der Waals surface area contributed by atoms with Crippen molar-refractivity contribution in [2.75, 3.05) is 13.7 Å². The Hall–Kier alpha value is -1.47. The number of nitrogens with one attached hydrogen (secondary N) is 1. The van der Waals surface area contributed by atoms with Gasteiger partial charge < -0.3 is 15.2 Å². The fourth-order valence-electron chi connectivity index (χ4n) is 2.72. The minimum absolute atomic E-state index is 0.0958. The van der Waals surface area contributed by atoms with Gasteiger partial charge in [-0.25, -0.2) is 9.78 Å². The van der Waals surface area contributed by atoms with Crippen LogP contribution in [0.4, 0.5) is 0 Å². The van der Waals surface area contributed by atoms with E-state index in [1.165, 1.54) is 38.2 Å². The molecule has 0 spiro atoms. The van der Waals surface area contributed by atoms with Crippen molar-refractivity contribution >= 4 is 23.2 Å². The molecule has 1 unspecified atom stereocenters. The summed E-state index contributed by atoms with van der Waals surface area (Å²) in [4.78, 5) is 28.8. The molecule has 0 bridgehead atoms. The monoisotopic (exact) mass is 326 g/mol. The van der Waals surface area contributed by atoms with Crippen LogP contribution < -0.4 is 5.32 Å². The molecule has 0 aromatic carbocycles. The van der Waals surface area contributed by atoms with Gasteiger partial charge in [-0.3, -0.25) is 4.79 Å². The van der Waals surface area contributed by atoms with Gasteiger partial charge in [0, 0.05) is 13.0 Å². The van der Waals surface area contributed by atoms with E-state index in [9.17, 15) is 14.7 Å². The van der Waals surface area contributed by atoms with Crippen molar-refractivity contribution in [2.24, 2.45) is 0 Å². The number of hydrogen-bond acceptors (Lipinski definition) is 5. The number of carboxylic acids is 1. The van der Waals surface area contributed by atoms with E-state index in [-0.39, 0.29) is 6.61 Å². The molecule has 1 aliphatic rings. The molecule has 0 aliphatic heterocycles. The summed E-state index contributed by atoms with van der Waals surface area (Å²) in [5, 5.41) is 12.9. The summed E-state index contributed by atoms with van der Waals surface area (Å²) in [6, 6.07) is 0. The van der Waals surface area contributed by atoms with Crippen LogP contribution >= 0.6 is 11.3 Å². The van der Waals surface area contributed by atoms with E-state index in [4.69, 9.17) is 4.74 Å². The lowest BCUT2D eigenvalue weighted by Gasteiger charge is -2.24. The van der Waals surface area contributed by atoms with E-state index in [2.05, 4.69) is 10.3 Å². The summed E-state index contributed by atoms with van der Waals surface area (Å²) < 4.78 is 4.91. The van der Waals surface area contributed by atoms with E-state index in [1.807, 2.05) is 0 Å². The van der Waals surface area contributed by atoms with Crippen molar-refractivity contribution in [2.45, 2.75) is 51.0 Å². The highest BCUT2D eigenvalue weighted by atomic mass is 32.1. The molecule has 1 heterocycles. The van der Waals surface area contributed by atoms with Crippen LogP contribution in [0.2, 0.25) is 0 Å². The van der Waals surface area contributed by atoms with Crippen LogP contribution in [0.5, 0.6) is 0 Å². The van der Waals surface area contributed by atoms with Gasteiger partial charge in [0.2, 0.25) is 0 Å². The number of aliphatic carboxylic acids is 1. The van der Waals surface area contributed by atoms with Crippen molar-refractivity contribution in [3.05, 3.63) is 15.6 Å². The molecule has 1 aliphatic carbocycles. The van der Waals surface area contributed by atoms with E-state index in [0.717, 1.165) is 17.8 Å². The van der Waals surface area contributed by atoms with Crippen LogP contribution in [0.3, 0.4) is 0 Å². The maximum Gasteiger partial charge on any atom is 0.331 e. The standard InChI is InChI=1S/C15H22N2O4S/c1-9-11(22-13(16-9)10-6-4-5-7-10)12(18)17-15(2,8-21-3)14(19)20/h10H,4-8H2,1-3H3,(H,17,18)(H,19,20). The van der Waals surface area contributed by atoms with Gasteiger partial charge in [-0.15, -0.1) is 11.3 Å². The Balaban J connectivity index is 2.16. The number of rotatable bonds is 6. The number of methoxy groups -OCH3 is 1. The predicted octanol–water partition coefficient (Wildman–Crippen LogP) is 2.33. The Morgan fingerprint density at radius 2 is 2.09 bits per heavy atom. The molecule has 2 rings (SSSR count). The molecule has 1 atom stereocenters. The first-order chi connectivity index (χ1) is 10.4. The number of carboxylic acid groups (broad SMARTS) is 1. The third kappa shape index (κ3) is 3.47. The number of aryl methyl sites for hydroxylation is 1. The molecule has 7 heteroatoms. The number of amides is 1. The average Bonchev–Trinajstić information content (AvgIpc) is 3.07. The van der Waals surface area contributed by atoms with Crippen LogP contribution in [0.1, 0.15) is 58.9 Å². The van der Waals surface area contributed by atoms with Crippen LogP contribution in [0, 0.1) is 6.92 Å². The van der Waals surface area contributed by atoms with Crippen LogP contribution in [-0.2, 0) is 9.53 Å². The lowest BCUT2D eigenvalue weighted by Crippen LogP contribution is -2.55. The lowest BCUT2D eigenvalue weighted by atomic mass is 10.0. The van der Waals surface area contributed by atoms with E-state index >= 15 is 0 Å². The molecule has 6 nitrogen and oxygen atoms in total. The summed E-state index contributed by atoms with van der Waals surface area (Å²) in [6.07, 6.45) is 4.64. The normalized spacial score (nSPS) is 18.1. The Kier molecular flexibility index (Phi) is 5.18. The second-order valence-corrected chi connectivity index (χ2v) is 7.00. The van der Waals surface area contributed by atoms with Crippen LogP contribution in [-0.4, -0.2) is 41.2 Å². The van der Waals surface area contributed by atoms with Gasteiger partial charge in [0.1, 0.15) is 4.88 Å². The predicted molar refractivity (Wildman–Crippen MR) is 83.4 cm³/mol. The molecule has 1 saturated carbocycles. The smallest absolute Gasteiger partial charge is 0.331 e. The highest BCUT2D eigenvalue weighted by Gasteiger charge is 2.36. The second-order valence-electron chi connectivity index (χ2n) is 5.97. The number of carbonyl (C=O) groups is 2. The lowest BCUT2D eigenvalue weighted by molar-refractivity contribution is -0.145. The van der Waals surface area contributed by atoms with Crippen LogP contribution in [0.15, 0.2) is 0 Å². The molecule has 0 saturated heterocycles. The summed E-state index contributed by atoms with van der Waals surface area (Å²) in [7, 11) is 1.41. The maximum atomic E-state index is 12.4. The summed E-state index contributed by atoms with van der Waals surface area (Å²) in [6.45, 7) is 3.13.